The fourth-order valence-electron chi connectivity index (χ4n) is 2.50. The highest BCUT2D eigenvalue weighted by atomic mass is 32.1. The summed E-state index contributed by atoms with van der Waals surface area (Å²) in [5.74, 6) is 1.27. The third-order valence-electron chi connectivity index (χ3n) is 3.65. The minimum absolute atomic E-state index is 0.255. The number of pyridine rings is 1. The maximum absolute atomic E-state index is 5.47. The fraction of sp³-hybridized carbons (Fsp3) is 0.462. The number of H-pyrrole nitrogens is 1. The van der Waals surface area contributed by atoms with E-state index in [1.165, 1.54) is 0 Å². The molecule has 1 N–H and O–H groups in total. The third kappa shape index (κ3) is 2.33. The highest BCUT2D eigenvalue weighted by molar-refractivity contribution is 7.71. The van der Waals surface area contributed by atoms with Gasteiger partial charge in [0.05, 0.1) is 6.61 Å². The number of aromatic amines is 1. The Morgan fingerprint density at radius 1 is 1.53 bits per heavy atom. The van der Waals surface area contributed by atoms with Gasteiger partial charge in [0.2, 0.25) is 0 Å². The lowest BCUT2D eigenvalue weighted by molar-refractivity contribution is 0.175. The lowest BCUT2D eigenvalue weighted by Gasteiger charge is -2.20. The number of hydrogen-bond donors (Lipinski definition) is 1. The molecule has 1 fully saturated rings. The first-order chi connectivity index (χ1) is 9.27. The third-order valence-corrected chi connectivity index (χ3v) is 3.94. The predicted octanol–water partition coefficient (Wildman–Crippen LogP) is 2.60. The SMILES string of the molecule is CC(C1CCOC1)n1c(-c2ccccn2)n[nH]c1=S. The van der Waals surface area contributed by atoms with E-state index in [2.05, 4.69) is 26.7 Å². The topological polar surface area (TPSA) is 55.7 Å². The molecule has 2 atom stereocenters. The Labute approximate surface area is 116 Å². The van der Waals surface area contributed by atoms with Crippen molar-refractivity contribution < 1.29 is 4.74 Å². The van der Waals surface area contributed by atoms with Crippen LogP contribution in [0.15, 0.2) is 24.4 Å². The van der Waals surface area contributed by atoms with Crippen molar-refractivity contribution in [2.75, 3.05) is 13.2 Å². The van der Waals surface area contributed by atoms with Crippen LogP contribution in [0.2, 0.25) is 0 Å². The van der Waals surface area contributed by atoms with Crippen LogP contribution in [0.4, 0.5) is 0 Å². The van der Waals surface area contributed by atoms with Crippen molar-refractivity contribution in [3.63, 3.8) is 0 Å². The van der Waals surface area contributed by atoms with Crippen LogP contribution in [-0.4, -0.2) is 33.0 Å². The summed E-state index contributed by atoms with van der Waals surface area (Å²) in [5, 5.41) is 7.20. The zero-order chi connectivity index (χ0) is 13.2. The molecule has 19 heavy (non-hydrogen) atoms. The summed E-state index contributed by atoms with van der Waals surface area (Å²) in [6.07, 6.45) is 2.83. The summed E-state index contributed by atoms with van der Waals surface area (Å²) in [7, 11) is 0. The molecule has 0 saturated carbocycles. The molecule has 0 spiro atoms. The van der Waals surface area contributed by atoms with Gasteiger partial charge in [0.1, 0.15) is 5.69 Å². The van der Waals surface area contributed by atoms with Gasteiger partial charge in [-0.1, -0.05) is 6.07 Å². The van der Waals surface area contributed by atoms with E-state index in [9.17, 15) is 0 Å². The zero-order valence-corrected chi connectivity index (χ0v) is 11.6. The molecule has 0 aliphatic carbocycles. The molecular formula is C13H16N4OS. The van der Waals surface area contributed by atoms with Crippen molar-refractivity contribution in [2.24, 2.45) is 5.92 Å². The van der Waals surface area contributed by atoms with Crippen molar-refractivity contribution in [1.82, 2.24) is 19.7 Å². The minimum Gasteiger partial charge on any atom is -0.381 e. The Morgan fingerprint density at radius 3 is 3.11 bits per heavy atom. The molecule has 5 nitrogen and oxygen atoms in total. The lowest BCUT2D eigenvalue weighted by atomic mass is 10.0. The Bertz CT molecular complexity index is 601. The average molecular weight is 276 g/mol. The molecule has 1 aliphatic rings. The van der Waals surface area contributed by atoms with Crippen LogP contribution in [0.25, 0.3) is 11.5 Å². The number of aromatic nitrogens is 4. The first-order valence-electron chi connectivity index (χ1n) is 6.43. The van der Waals surface area contributed by atoms with Gasteiger partial charge in [-0.25, -0.2) is 0 Å². The molecule has 1 saturated heterocycles. The Balaban J connectivity index is 2.01. The maximum Gasteiger partial charge on any atom is 0.195 e. The van der Waals surface area contributed by atoms with Gasteiger partial charge in [0.25, 0.3) is 0 Å². The van der Waals surface area contributed by atoms with E-state index in [0.29, 0.717) is 10.7 Å². The van der Waals surface area contributed by atoms with E-state index >= 15 is 0 Å². The van der Waals surface area contributed by atoms with Crippen LogP contribution in [0, 0.1) is 10.7 Å². The normalized spacial score (nSPS) is 20.6. The summed E-state index contributed by atoms with van der Waals surface area (Å²) in [5.41, 5.74) is 0.834. The summed E-state index contributed by atoms with van der Waals surface area (Å²) in [6, 6.07) is 6.04. The minimum atomic E-state index is 0.255. The Hall–Kier alpha value is -1.53. The highest BCUT2D eigenvalue weighted by Gasteiger charge is 2.26. The van der Waals surface area contributed by atoms with Gasteiger partial charge in [-0.2, -0.15) is 5.10 Å². The number of ether oxygens (including phenoxy) is 1. The highest BCUT2D eigenvalue weighted by Crippen LogP contribution is 2.29. The molecule has 2 aromatic heterocycles. The number of nitrogens with zero attached hydrogens (tertiary/aromatic N) is 3. The quantitative estimate of drug-likeness (QED) is 0.876. The standard InChI is InChI=1S/C13H16N4OS/c1-9(10-5-7-18-8-10)17-12(15-16-13(17)19)11-4-2-3-6-14-11/h2-4,6,9-10H,5,7-8H2,1H3,(H,16,19). The van der Waals surface area contributed by atoms with Crippen LogP contribution in [0.1, 0.15) is 19.4 Å². The van der Waals surface area contributed by atoms with E-state index in [1.54, 1.807) is 6.20 Å². The van der Waals surface area contributed by atoms with Crippen LogP contribution in [-0.2, 0) is 4.74 Å². The van der Waals surface area contributed by atoms with E-state index < -0.39 is 0 Å². The largest absolute Gasteiger partial charge is 0.381 e. The van der Waals surface area contributed by atoms with Crippen molar-refractivity contribution in [3.05, 3.63) is 29.2 Å². The number of nitrogens with one attached hydrogen (secondary N) is 1. The summed E-state index contributed by atoms with van der Waals surface area (Å²) in [4.78, 5) is 4.35. The van der Waals surface area contributed by atoms with Crippen molar-refractivity contribution in [3.8, 4) is 11.5 Å². The molecule has 0 aromatic carbocycles. The molecular weight excluding hydrogens is 260 g/mol. The first-order valence-corrected chi connectivity index (χ1v) is 6.84. The first kappa shape index (κ1) is 12.5. The Kier molecular flexibility index (Phi) is 3.44. The van der Waals surface area contributed by atoms with Gasteiger partial charge in [-0.3, -0.25) is 14.6 Å². The molecule has 0 bridgehead atoms. The van der Waals surface area contributed by atoms with Crippen LogP contribution < -0.4 is 0 Å². The molecule has 0 radical (unpaired) electrons. The van der Waals surface area contributed by atoms with Gasteiger partial charge >= 0.3 is 0 Å². The smallest absolute Gasteiger partial charge is 0.195 e. The van der Waals surface area contributed by atoms with Crippen LogP contribution in [0.3, 0.4) is 0 Å². The second-order valence-corrected chi connectivity index (χ2v) is 5.19. The fourth-order valence-corrected chi connectivity index (χ4v) is 2.80. The van der Waals surface area contributed by atoms with Crippen LogP contribution >= 0.6 is 12.2 Å². The number of rotatable bonds is 3. The Morgan fingerprint density at radius 2 is 2.42 bits per heavy atom. The monoisotopic (exact) mass is 276 g/mol. The zero-order valence-electron chi connectivity index (χ0n) is 10.7. The van der Waals surface area contributed by atoms with Crippen molar-refractivity contribution in [1.29, 1.82) is 0 Å². The maximum atomic E-state index is 5.47. The van der Waals surface area contributed by atoms with Crippen molar-refractivity contribution >= 4 is 12.2 Å². The molecule has 0 amide bonds. The molecule has 3 heterocycles. The molecule has 3 rings (SSSR count). The van der Waals surface area contributed by atoms with Gasteiger partial charge in [-0.05, 0) is 37.7 Å². The van der Waals surface area contributed by atoms with Crippen LogP contribution in [0.5, 0.6) is 0 Å². The van der Waals surface area contributed by atoms with Gasteiger partial charge in [0.15, 0.2) is 10.6 Å². The molecule has 1 aliphatic heterocycles. The van der Waals surface area contributed by atoms with E-state index in [-0.39, 0.29) is 6.04 Å². The van der Waals surface area contributed by atoms with Gasteiger partial charge in [-0.15, -0.1) is 0 Å². The predicted molar refractivity (Wildman–Crippen MR) is 74.3 cm³/mol. The van der Waals surface area contributed by atoms with Gasteiger partial charge < -0.3 is 4.74 Å². The van der Waals surface area contributed by atoms with E-state index in [4.69, 9.17) is 17.0 Å². The second-order valence-electron chi connectivity index (χ2n) is 4.80. The van der Waals surface area contributed by atoms with E-state index in [0.717, 1.165) is 31.2 Å². The summed E-state index contributed by atoms with van der Waals surface area (Å²) < 4.78 is 8.16. The van der Waals surface area contributed by atoms with Crippen molar-refractivity contribution in [2.45, 2.75) is 19.4 Å². The second kappa shape index (κ2) is 5.22. The molecule has 100 valence electrons. The van der Waals surface area contributed by atoms with Gasteiger partial charge in [0, 0.05) is 24.8 Å². The lowest BCUT2D eigenvalue weighted by Crippen LogP contribution is -2.18. The average Bonchev–Trinajstić information content (AvgIpc) is 3.08. The number of hydrogen-bond acceptors (Lipinski definition) is 4. The molecule has 2 unspecified atom stereocenters. The molecule has 2 aromatic rings. The summed E-state index contributed by atoms with van der Waals surface area (Å²) >= 11 is 5.36. The summed E-state index contributed by atoms with van der Waals surface area (Å²) in [6.45, 7) is 3.78. The van der Waals surface area contributed by atoms with E-state index in [1.807, 2.05) is 18.2 Å². The molecule has 6 heteroatoms.